The molecule has 2 aromatic carbocycles. The SMILES string of the molecule is CCOc1ccc(NC(=O)CSc2nc3ccccc3c(=O)n2C[C@H]2CCCO2)cc1. The molecule has 31 heavy (non-hydrogen) atoms. The highest BCUT2D eigenvalue weighted by molar-refractivity contribution is 7.99. The van der Waals surface area contributed by atoms with Gasteiger partial charge in [-0.1, -0.05) is 23.9 Å². The van der Waals surface area contributed by atoms with Crippen LogP contribution in [0.1, 0.15) is 19.8 Å². The molecule has 3 aromatic rings. The van der Waals surface area contributed by atoms with Crippen molar-refractivity contribution in [3.63, 3.8) is 0 Å². The van der Waals surface area contributed by atoms with Crippen molar-refractivity contribution in [3.05, 3.63) is 58.9 Å². The fourth-order valence-electron chi connectivity index (χ4n) is 3.54. The van der Waals surface area contributed by atoms with Crippen molar-refractivity contribution in [1.82, 2.24) is 9.55 Å². The largest absolute Gasteiger partial charge is 0.494 e. The third-order valence-corrected chi connectivity index (χ3v) is 5.99. The first-order chi connectivity index (χ1) is 15.1. The summed E-state index contributed by atoms with van der Waals surface area (Å²) in [5.41, 5.74) is 1.22. The summed E-state index contributed by atoms with van der Waals surface area (Å²) in [7, 11) is 0. The van der Waals surface area contributed by atoms with Crippen LogP contribution in [0.5, 0.6) is 5.75 Å². The Hall–Kier alpha value is -2.84. The van der Waals surface area contributed by atoms with Crippen LogP contribution in [0.3, 0.4) is 0 Å². The van der Waals surface area contributed by atoms with Crippen LogP contribution < -0.4 is 15.6 Å². The van der Waals surface area contributed by atoms with Gasteiger partial charge in [-0.2, -0.15) is 0 Å². The lowest BCUT2D eigenvalue weighted by Gasteiger charge is -2.16. The Labute approximate surface area is 184 Å². The molecule has 0 saturated carbocycles. The molecule has 1 atom stereocenters. The van der Waals surface area contributed by atoms with Crippen LogP contribution in [0, 0.1) is 0 Å². The number of anilines is 1. The normalized spacial score (nSPS) is 15.8. The predicted molar refractivity (Wildman–Crippen MR) is 122 cm³/mol. The lowest BCUT2D eigenvalue weighted by molar-refractivity contribution is -0.113. The van der Waals surface area contributed by atoms with Crippen molar-refractivity contribution >= 4 is 34.3 Å². The first-order valence-corrected chi connectivity index (χ1v) is 11.4. The van der Waals surface area contributed by atoms with E-state index in [0.29, 0.717) is 41.5 Å². The van der Waals surface area contributed by atoms with E-state index in [1.807, 2.05) is 37.3 Å². The molecule has 162 valence electrons. The summed E-state index contributed by atoms with van der Waals surface area (Å²) in [6, 6.07) is 14.5. The molecule has 1 aliphatic rings. The number of amides is 1. The van der Waals surface area contributed by atoms with Gasteiger partial charge < -0.3 is 14.8 Å². The van der Waals surface area contributed by atoms with E-state index in [1.165, 1.54) is 11.8 Å². The van der Waals surface area contributed by atoms with Crippen LogP contribution in [0.2, 0.25) is 0 Å². The topological polar surface area (TPSA) is 82.5 Å². The average molecular weight is 440 g/mol. The molecule has 7 nitrogen and oxygen atoms in total. The molecule has 0 unspecified atom stereocenters. The Morgan fingerprint density at radius 1 is 1.26 bits per heavy atom. The van der Waals surface area contributed by atoms with Crippen molar-refractivity contribution in [1.29, 1.82) is 0 Å². The van der Waals surface area contributed by atoms with Crippen LogP contribution in [0.4, 0.5) is 5.69 Å². The second kappa shape index (κ2) is 9.98. The zero-order valence-electron chi connectivity index (χ0n) is 17.4. The fourth-order valence-corrected chi connectivity index (χ4v) is 4.35. The number of nitrogens with zero attached hydrogens (tertiary/aromatic N) is 2. The van der Waals surface area contributed by atoms with Crippen LogP contribution in [-0.2, 0) is 16.1 Å². The van der Waals surface area contributed by atoms with Gasteiger partial charge in [-0.05, 0) is 56.2 Å². The van der Waals surface area contributed by atoms with Gasteiger partial charge in [0.2, 0.25) is 5.91 Å². The number of nitrogens with one attached hydrogen (secondary N) is 1. The van der Waals surface area contributed by atoms with Gasteiger partial charge in [-0.3, -0.25) is 14.2 Å². The zero-order valence-corrected chi connectivity index (χ0v) is 18.2. The molecule has 0 aliphatic carbocycles. The molecule has 0 bridgehead atoms. The standard InChI is InChI=1S/C23H25N3O4S/c1-2-29-17-11-9-16(10-12-17)24-21(27)15-31-23-25-20-8-4-3-7-19(20)22(28)26(23)14-18-6-5-13-30-18/h3-4,7-12,18H,2,5-6,13-15H2,1H3,(H,24,27)/t18-/m1/s1. The van der Waals surface area contributed by atoms with Gasteiger partial charge in [0, 0.05) is 12.3 Å². The summed E-state index contributed by atoms with van der Waals surface area (Å²) in [5, 5.41) is 3.97. The van der Waals surface area contributed by atoms with Crippen molar-refractivity contribution in [2.45, 2.75) is 37.6 Å². The number of aromatic nitrogens is 2. The number of carbonyl (C=O) groups is 1. The Bertz CT molecular complexity index is 1110. The molecule has 1 fully saturated rings. The van der Waals surface area contributed by atoms with Crippen molar-refractivity contribution in [3.8, 4) is 5.75 Å². The molecule has 8 heteroatoms. The van der Waals surface area contributed by atoms with E-state index in [4.69, 9.17) is 9.47 Å². The van der Waals surface area contributed by atoms with Crippen LogP contribution in [-0.4, -0.2) is 40.5 Å². The number of fused-ring (bicyclic) bond motifs is 1. The number of benzene rings is 2. The summed E-state index contributed by atoms with van der Waals surface area (Å²) in [4.78, 5) is 30.3. The minimum Gasteiger partial charge on any atom is -0.494 e. The summed E-state index contributed by atoms with van der Waals surface area (Å²) in [6.45, 7) is 3.67. The number of carbonyl (C=O) groups excluding carboxylic acids is 1. The molecule has 1 saturated heterocycles. The highest BCUT2D eigenvalue weighted by Crippen LogP contribution is 2.22. The van der Waals surface area contributed by atoms with Crippen LogP contribution in [0.25, 0.3) is 10.9 Å². The lowest BCUT2D eigenvalue weighted by Crippen LogP contribution is -2.29. The van der Waals surface area contributed by atoms with Crippen molar-refractivity contribution < 1.29 is 14.3 Å². The highest BCUT2D eigenvalue weighted by atomic mass is 32.2. The lowest BCUT2D eigenvalue weighted by atomic mass is 10.2. The van der Waals surface area contributed by atoms with E-state index in [9.17, 15) is 9.59 Å². The Morgan fingerprint density at radius 2 is 2.06 bits per heavy atom. The van der Waals surface area contributed by atoms with Crippen LogP contribution in [0.15, 0.2) is 58.5 Å². The van der Waals surface area contributed by atoms with Gasteiger partial charge in [0.1, 0.15) is 5.75 Å². The fraction of sp³-hybridized carbons (Fsp3) is 0.348. The minimum absolute atomic E-state index is 0.00214. The number of ether oxygens (including phenoxy) is 2. The number of hydrogen-bond donors (Lipinski definition) is 1. The van der Waals surface area contributed by atoms with Gasteiger partial charge in [-0.25, -0.2) is 4.98 Å². The predicted octanol–water partition coefficient (Wildman–Crippen LogP) is 3.71. The summed E-state index contributed by atoms with van der Waals surface area (Å²) in [5.74, 6) is 0.734. The Kier molecular flexibility index (Phi) is 6.89. The van der Waals surface area contributed by atoms with Crippen molar-refractivity contribution in [2.24, 2.45) is 0 Å². The monoisotopic (exact) mass is 439 g/mol. The number of para-hydroxylation sites is 1. The molecule has 0 spiro atoms. The molecule has 4 rings (SSSR count). The first-order valence-electron chi connectivity index (χ1n) is 10.4. The minimum atomic E-state index is -0.166. The zero-order chi connectivity index (χ0) is 21.6. The van der Waals surface area contributed by atoms with E-state index in [2.05, 4.69) is 10.3 Å². The number of rotatable bonds is 8. The number of thioether (sulfide) groups is 1. The molecule has 1 aromatic heterocycles. The second-order valence-electron chi connectivity index (χ2n) is 7.26. The van der Waals surface area contributed by atoms with Gasteiger partial charge in [-0.15, -0.1) is 0 Å². The van der Waals surface area contributed by atoms with E-state index in [-0.39, 0.29) is 23.3 Å². The Morgan fingerprint density at radius 3 is 2.81 bits per heavy atom. The second-order valence-corrected chi connectivity index (χ2v) is 8.20. The van der Waals surface area contributed by atoms with Crippen molar-refractivity contribution in [2.75, 3.05) is 24.3 Å². The molecule has 0 radical (unpaired) electrons. The van der Waals surface area contributed by atoms with E-state index >= 15 is 0 Å². The van der Waals surface area contributed by atoms with Gasteiger partial charge in [0.25, 0.3) is 5.56 Å². The van der Waals surface area contributed by atoms with Gasteiger partial charge >= 0.3 is 0 Å². The van der Waals surface area contributed by atoms with Crippen LogP contribution >= 0.6 is 11.8 Å². The van der Waals surface area contributed by atoms with E-state index < -0.39 is 0 Å². The summed E-state index contributed by atoms with van der Waals surface area (Å²) in [6.07, 6.45) is 1.91. The smallest absolute Gasteiger partial charge is 0.262 e. The third-order valence-electron chi connectivity index (χ3n) is 5.02. The first kappa shape index (κ1) is 21.4. The maximum absolute atomic E-state index is 13.1. The van der Waals surface area contributed by atoms with E-state index in [0.717, 1.165) is 18.6 Å². The summed E-state index contributed by atoms with van der Waals surface area (Å²) < 4.78 is 12.8. The van der Waals surface area contributed by atoms with E-state index in [1.54, 1.807) is 22.8 Å². The highest BCUT2D eigenvalue weighted by Gasteiger charge is 2.20. The molecule has 1 N–H and O–H groups in total. The molecule has 2 heterocycles. The maximum Gasteiger partial charge on any atom is 0.262 e. The number of hydrogen-bond acceptors (Lipinski definition) is 6. The molecule has 1 amide bonds. The average Bonchev–Trinajstić information content (AvgIpc) is 3.29. The molecular weight excluding hydrogens is 414 g/mol. The molecule has 1 aliphatic heterocycles. The maximum atomic E-state index is 13.1. The molecular formula is C23H25N3O4S. The quantitative estimate of drug-likeness (QED) is 0.426. The third kappa shape index (κ3) is 5.26. The summed E-state index contributed by atoms with van der Waals surface area (Å²) >= 11 is 1.26. The Balaban J connectivity index is 1.49. The van der Waals surface area contributed by atoms with Gasteiger partial charge in [0.05, 0.1) is 35.9 Å². The van der Waals surface area contributed by atoms with Gasteiger partial charge in [0.15, 0.2) is 5.16 Å².